The van der Waals surface area contributed by atoms with Gasteiger partial charge in [-0.25, -0.2) is 9.97 Å². The molecule has 3 heteroatoms. The highest BCUT2D eigenvalue weighted by atomic mass is 15.1. The van der Waals surface area contributed by atoms with Gasteiger partial charge in [0.15, 0.2) is 0 Å². The van der Waals surface area contributed by atoms with Crippen LogP contribution in [-0.2, 0) is 13.0 Å². The van der Waals surface area contributed by atoms with Crippen molar-refractivity contribution in [3.63, 3.8) is 0 Å². The highest BCUT2D eigenvalue weighted by Crippen LogP contribution is 2.07. The van der Waals surface area contributed by atoms with Gasteiger partial charge in [-0.15, -0.1) is 0 Å². The lowest BCUT2D eigenvalue weighted by Gasteiger charge is -2.10. The Morgan fingerprint density at radius 1 is 1.05 bits per heavy atom. The zero-order chi connectivity index (χ0) is 14.7. The van der Waals surface area contributed by atoms with Gasteiger partial charge in [0.1, 0.15) is 5.82 Å². The van der Waals surface area contributed by atoms with Gasteiger partial charge in [0, 0.05) is 11.9 Å². The topological polar surface area (TPSA) is 29.0 Å². The van der Waals surface area contributed by atoms with E-state index in [4.69, 9.17) is 0 Å². The second-order valence-electron chi connectivity index (χ2n) is 5.24. The zero-order valence-corrected chi connectivity index (χ0v) is 13.7. The molecule has 0 bridgehead atoms. The third-order valence-corrected chi connectivity index (χ3v) is 2.81. The Bertz CT molecular complexity index is 333. The maximum absolute atomic E-state index is 4.48. The number of hydrogen-bond acceptors (Lipinski definition) is 3. The van der Waals surface area contributed by atoms with Crippen LogP contribution in [0.3, 0.4) is 0 Å². The van der Waals surface area contributed by atoms with Crippen molar-refractivity contribution < 1.29 is 0 Å². The van der Waals surface area contributed by atoms with Crippen molar-refractivity contribution in [1.82, 2.24) is 14.9 Å². The van der Waals surface area contributed by atoms with Gasteiger partial charge in [-0.3, -0.25) is 0 Å². The predicted molar refractivity (Wildman–Crippen MR) is 83.4 cm³/mol. The molecular formula is C16H31N3. The first kappa shape index (κ1) is 18.0. The molecule has 1 heterocycles. The molecule has 0 amide bonds. The summed E-state index contributed by atoms with van der Waals surface area (Å²) < 4.78 is 0. The lowest BCUT2D eigenvalue weighted by molar-refractivity contribution is 0.389. The van der Waals surface area contributed by atoms with E-state index in [2.05, 4.69) is 42.6 Å². The molecule has 0 aliphatic rings. The summed E-state index contributed by atoms with van der Waals surface area (Å²) >= 11 is 0. The number of hydrogen-bond donors (Lipinski definition) is 0. The smallest absolute Gasteiger partial charge is 0.142 e. The van der Waals surface area contributed by atoms with E-state index >= 15 is 0 Å². The molecule has 1 rings (SSSR count). The summed E-state index contributed by atoms with van der Waals surface area (Å²) in [5, 5.41) is 0. The van der Waals surface area contributed by atoms with Gasteiger partial charge in [0.2, 0.25) is 0 Å². The Labute approximate surface area is 119 Å². The van der Waals surface area contributed by atoms with Crippen LogP contribution in [0.4, 0.5) is 0 Å². The molecule has 19 heavy (non-hydrogen) atoms. The quantitative estimate of drug-likeness (QED) is 0.778. The molecule has 1 aromatic rings. The standard InChI is InChI=1S/C11H19N3.C5H12/c1-5-6-10-7-12-11(8-14(3)4)13-9(10)2;1-3-5-4-2/h7H,5-6,8H2,1-4H3;3-5H2,1-2H3. The van der Waals surface area contributed by atoms with Gasteiger partial charge in [-0.05, 0) is 33.0 Å². The van der Waals surface area contributed by atoms with Gasteiger partial charge < -0.3 is 4.90 Å². The van der Waals surface area contributed by atoms with Crippen LogP contribution in [0, 0.1) is 6.92 Å². The van der Waals surface area contributed by atoms with Gasteiger partial charge in [0.05, 0.1) is 6.54 Å². The third kappa shape index (κ3) is 8.71. The number of unbranched alkanes of at least 4 members (excludes halogenated alkanes) is 2. The highest BCUT2D eigenvalue weighted by Gasteiger charge is 2.03. The summed E-state index contributed by atoms with van der Waals surface area (Å²) in [5.41, 5.74) is 2.40. The Kier molecular flexibility index (Phi) is 10.4. The lowest BCUT2D eigenvalue weighted by Crippen LogP contribution is -2.14. The molecular weight excluding hydrogens is 234 g/mol. The van der Waals surface area contributed by atoms with E-state index in [1.54, 1.807) is 0 Å². The second kappa shape index (κ2) is 10.9. The van der Waals surface area contributed by atoms with Crippen molar-refractivity contribution in [2.24, 2.45) is 0 Å². The number of aryl methyl sites for hydroxylation is 2. The van der Waals surface area contributed by atoms with Crippen molar-refractivity contribution in [3.05, 3.63) is 23.3 Å². The molecule has 0 atom stereocenters. The van der Waals surface area contributed by atoms with Crippen LogP contribution >= 0.6 is 0 Å². The molecule has 0 saturated carbocycles. The van der Waals surface area contributed by atoms with Crippen LogP contribution in [-0.4, -0.2) is 29.0 Å². The third-order valence-electron chi connectivity index (χ3n) is 2.81. The number of aromatic nitrogens is 2. The summed E-state index contributed by atoms with van der Waals surface area (Å²) in [6, 6.07) is 0. The monoisotopic (exact) mass is 265 g/mol. The van der Waals surface area contributed by atoms with Crippen LogP contribution in [0.2, 0.25) is 0 Å². The minimum atomic E-state index is 0.813. The molecule has 0 radical (unpaired) electrons. The van der Waals surface area contributed by atoms with Crippen LogP contribution in [0.25, 0.3) is 0 Å². The first-order chi connectivity index (χ1) is 9.04. The second-order valence-corrected chi connectivity index (χ2v) is 5.24. The van der Waals surface area contributed by atoms with Gasteiger partial charge in [-0.2, -0.15) is 0 Å². The van der Waals surface area contributed by atoms with Gasteiger partial charge >= 0.3 is 0 Å². The fourth-order valence-corrected chi connectivity index (χ4v) is 1.77. The van der Waals surface area contributed by atoms with Crippen LogP contribution in [0.1, 0.15) is 63.5 Å². The van der Waals surface area contributed by atoms with E-state index in [0.29, 0.717) is 0 Å². The maximum Gasteiger partial charge on any atom is 0.142 e. The molecule has 0 aliphatic heterocycles. The Hall–Kier alpha value is -0.960. The minimum Gasteiger partial charge on any atom is -0.302 e. The largest absolute Gasteiger partial charge is 0.302 e. The summed E-state index contributed by atoms with van der Waals surface area (Å²) in [6.07, 6.45) is 8.27. The highest BCUT2D eigenvalue weighted by molar-refractivity contribution is 5.16. The summed E-state index contributed by atoms with van der Waals surface area (Å²) in [5.74, 6) is 0.910. The molecule has 0 aliphatic carbocycles. The molecule has 1 aromatic heterocycles. The van der Waals surface area contributed by atoms with E-state index in [-0.39, 0.29) is 0 Å². The minimum absolute atomic E-state index is 0.813. The van der Waals surface area contributed by atoms with Gasteiger partial charge in [-0.1, -0.05) is 46.5 Å². The molecule has 3 nitrogen and oxygen atoms in total. The number of rotatable bonds is 6. The molecule has 0 fully saturated rings. The Morgan fingerprint density at radius 3 is 2.05 bits per heavy atom. The van der Waals surface area contributed by atoms with E-state index in [9.17, 15) is 0 Å². The average Bonchev–Trinajstić information content (AvgIpc) is 2.34. The molecule has 0 spiro atoms. The zero-order valence-electron chi connectivity index (χ0n) is 13.7. The van der Waals surface area contributed by atoms with E-state index in [0.717, 1.165) is 30.9 Å². The first-order valence-corrected chi connectivity index (χ1v) is 7.51. The fourth-order valence-electron chi connectivity index (χ4n) is 1.77. The van der Waals surface area contributed by atoms with E-state index < -0.39 is 0 Å². The van der Waals surface area contributed by atoms with Crippen molar-refractivity contribution in [1.29, 1.82) is 0 Å². The summed E-state index contributed by atoms with van der Waals surface area (Å²) in [7, 11) is 4.05. The Morgan fingerprint density at radius 2 is 1.68 bits per heavy atom. The fraction of sp³-hybridized carbons (Fsp3) is 0.750. The molecule has 110 valence electrons. The van der Waals surface area contributed by atoms with E-state index in [1.807, 2.05) is 20.3 Å². The van der Waals surface area contributed by atoms with Crippen LogP contribution in [0.15, 0.2) is 6.20 Å². The van der Waals surface area contributed by atoms with Gasteiger partial charge in [0.25, 0.3) is 0 Å². The number of nitrogens with zero attached hydrogens (tertiary/aromatic N) is 3. The van der Waals surface area contributed by atoms with E-state index in [1.165, 1.54) is 24.8 Å². The average molecular weight is 265 g/mol. The summed E-state index contributed by atoms with van der Waals surface area (Å²) in [4.78, 5) is 10.9. The predicted octanol–water partition coefficient (Wildman–Crippen LogP) is 4.00. The maximum atomic E-state index is 4.48. The summed E-state index contributed by atoms with van der Waals surface area (Å²) in [6.45, 7) is 9.47. The SMILES string of the molecule is CCCCC.CCCc1cnc(CN(C)C)nc1C. The molecule has 0 unspecified atom stereocenters. The Balaban J connectivity index is 0.000000555. The lowest BCUT2D eigenvalue weighted by atomic mass is 10.1. The van der Waals surface area contributed by atoms with Crippen molar-refractivity contribution >= 4 is 0 Å². The first-order valence-electron chi connectivity index (χ1n) is 7.51. The van der Waals surface area contributed by atoms with Crippen molar-refractivity contribution in [3.8, 4) is 0 Å². The van der Waals surface area contributed by atoms with Crippen LogP contribution < -0.4 is 0 Å². The van der Waals surface area contributed by atoms with Crippen molar-refractivity contribution in [2.45, 2.75) is 66.3 Å². The van der Waals surface area contributed by atoms with Crippen LogP contribution in [0.5, 0.6) is 0 Å². The molecule has 0 aromatic carbocycles. The van der Waals surface area contributed by atoms with Crippen molar-refractivity contribution in [2.75, 3.05) is 14.1 Å². The normalized spacial score (nSPS) is 10.3. The molecule has 0 N–H and O–H groups in total. The molecule has 0 saturated heterocycles.